The zero-order chi connectivity index (χ0) is 29.4. The van der Waals surface area contributed by atoms with Gasteiger partial charge in [-0.1, -0.05) is 65.7 Å². The lowest BCUT2D eigenvalue weighted by molar-refractivity contribution is -0.0572. The molecule has 0 unspecified atom stereocenters. The van der Waals surface area contributed by atoms with Crippen LogP contribution in [0.5, 0.6) is 0 Å². The third kappa shape index (κ3) is 7.67. The topological polar surface area (TPSA) is 102 Å². The van der Waals surface area contributed by atoms with E-state index in [4.69, 9.17) is 16.7 Å². The van der Waals surface area contributed by atoms with Crippen molar-refractivity contribution in [1.82, 2.24) is 15.5 Å². The number of piperidine rings is 1. The Labute approximate surface area is 247 Å². The second-order valence-electron chi connectivity index (χ2n) is 11.0. The Balaban J connectivity index is 1.65. The molecule has 41 heavy (non-hydrogen) atoms. The number of benzene rings is 3. The van der Waals surface area contributed by atoms with Gasteiger partial charge >= 0.3 is 6.09 Å². The summed E-state index contributed by atoms with van der Waals surface area (Å²) >= 11 is 6.79. The molecule has 2 atom stereocenters. The van der Waals surface area contributed by atoms with Gasteiger partial charge in [0.15, 0.2) is 0 Å². The van der Waals surface area contributed by atoms with Gasteiger partial charge in [-0.15, -0.1) is 0 Å². The van der Waals surface area contributed by atoms with E-state index in [2.05, 4.69) is 22.8 Å². The molecule has 4 N–H and O–H groups in total. The molecule has 0 saturated carbocycles. The number of halogens is 1. The Morgan fingerprint density at radius 3 is 2.54 bits per heavy atom. The molecule has 1 aliphatic heterocycles. The number of aliphatic hydroxyl groups is 1. The first-order valence-electron chi connectivity index (χ1n) is 14.3. The predicted octanol–water partition coefficient (Wildman–Crippen LogP) is 5.75. The minimum absolute atomic E-state index is 0.0494. The number of carbonyl (C=O) groups excluding carboxylic acids is 1. The number of aryl methyl sites for hydroxylation is 1. The van der Waals surface area contributed by atoms with Crippen molar-refractivity contribution in [3.63, 3.8) is 0 Å². The van der Waals surface area contributed by atoms with Crippen LogP contribution in [0.4, 0.5) is 4.79 Å². The minimum atomic E-state index is -1.31. The number of likely N-dealkylation sites (tertiary alicyclic amines) is 1. The fourth-order valence-electron chi connectivity index (χ4n) is 5.99. The quantitative estimate of drug-likeness (QED) is 0.217. The summed E-state index contributed by atoms with van der Waals surface area (Å²) in [5.41, 5.74) is 4.27. The molecule has 1 aliphatic rings. The van der Waals surface area contributed by atoms with E-state index < -0.39 is 11.7 Å². The van der Waals surface area contributed by atoms with Gasteiger partial charge in [0.2, 0.25) is 0 Å². The molecule has 4 rings (SSSR count). The zero-order valence-electron chi connectivity index (χ0n) is 23.8. The molecule has 1 heterocycles. The number of nitrogens with zero attached hydrogens (tertiary/aromatic N) is 1. The Bertz CT molecular complexity index is 1350. The lowest BCUT2D eigenvalue weighted by Gasteiger charge is -2.44. The molecule has 0 bridgehead atoms. The first kappa shape index (κ1) is 30.6. The van der Waals surface area contributed by atoms with Crippen LogP contribution in [0.25, 0.3) is 0 Å². The molecule has 8 heteroatoms. The van der Waals surface area contributed by atoms with Crippen LogP contribution in [0.15, 0.2) is 66.7 Å². The van der Waals surface area contributed by atoms with Gasteiger partial charge in [-0.25, -0.2) is 4.79 Å². The fraction of sp³-hybridized carbons (Fsp3) is 0.394. The first-order chi connectivity index (χ1) is 19.7. The number of carboxylic acid groups (broad SMARTS) is 1. The maximum absolute atomic E-state index is 13.5. The van der Waals surface area contributed by atoms with Gasteiger partial charge in [-0.3, -0.25) is 4.79 Å². The summed E-state index contributed by atoms with van der Waals surface area (Å²) in [6, 6.07) is 21.5. The second-order valence-corrected chi connectivity index (χ2v) is 11.4. The molecule has 0 aliphatic carbocycles. The largest absolute Gasteiger partial charge is 0.465 e. The average Bonchev–Trinajstić information content (AvgIpc) is 2.96. The standard InChI is InChI=1S/C33H40ClN3O4/c1-23-7-3-8-25(19-23)20-28-29(10-4-11-30(28)34)33(41,16-6-17-36-32(39)40)27-9-5-18-37(22-27)31(38)26-14-12-24(13-15-26)21-35-2/h3-4,7-8,10-15,19,27,35-36,41H,5-6,9,16-18,20-22H2,1-2H3,(H,39,40)/t27-,33+/m1/s1. The van der Waals surface area contributed by atoms with E-state index in [0.717, 1.165) is 47.2 Å². The van der Waals surface area contributed by atoms with E-state index in [1.54, 1.807) is 0 Å². The Hall–Kier alpha value is -3.39. The molecule has 3 aromatic carbocycles. The third-order valence-electron chi connectivity index (χ3n) is 8.03. The molecule has 1 saturated heterocycles. The molecule has 2 amide bonds. The first-order valence-corrected chi connectivity index (χ1v) is 14.6. The summed E-state index contributed by atoms with van der Waals surface area (Å²) < 4.78 is 0. The third-order valence-corrected chi connectivity index (χ3v) is 8.38. The van der Waals surface area contributed by atoms with Crippen molar-refractivity contribution in [2.24, 2.45) is 5.92 Å². The zero-order valence-corrected chi connectivity index (χ0v) is 24.6. The van der Waals surface area contributed by atoms with E-state index in [1.165, 1.54) is 0 Å². The summed E-state index contributed by atoms with van der Waals surface area (Å²) in [5, 5.41) is 27.8. The van der Waals surface area contributed by atoms with Crippen molar-refractivity contribution in [3.8, 4) is 0 Å². The SMILES string of the molecule is CNCc1ccc(C(=O)N2CCC[C@@H]([C@@](O)(CCCNC(=O)O)c3cccc(Cl)c3Cc3cccc(C)c3)C2)cc1. The highest BCUT2D eigenvalue weighted by molar-refractivity contribution is 6.31. The van der Waals surface area contributed by atoms with Crippen LogP contribution in [-0.2, 0) is 18.6 Å². The highest BCUT2D eigenvalue weighted by atomic mass is 35.5. The van der Waals surface area contributed by atoms with E-state index in [0.29, 0.717) is 42.9 Å². The van der Waals surface area contributed by atoms with Gasteiger partial charge in [0, 0.05) is 42.7 Å². The second kappa shape index (κ2) is 14.0. The summed E-state index contributed by atoms with van der Waals surface area (Å²) in [5.74, 6) is -0.296. The molecule has 3 aromatic rings. The van der Waals surface area contributed by atoms with Crippen molar-refractivity contribution in [2.45, 2.75) is 51.2 Å². The van der Waals surface area contributed by atoms with Crippen LogP contribution >= 0.6 is 11.6 Å². The molecule has 218 valence electrons. The predicted molar refractivity (Wildman–Crippen MR) is 162 cm³/mol. The number of nitrogens with one attached hydrogen (secondary N) is 2. The summed E-state index contributed by atoms with van der Waals surface area (Å²) in [7, 11) is 1.89. The molecule has 0 spiro atoms. The van der Waals surface area contributed by atoms with Gasteiger partial charge in [0.1, 0.15) is 0 Å². The van der Waals surface area contributed by atoms with Crippen LogP contribution in [0.3, 0.4) is 0 Å². The Morgan fingerprint density at radius 1 is 1.07 bits per heavy atom. The van der Waals surface area contributed by atoms with Crippen LogP contribution in [-0.4, -0.2) is 53.8 Å². The van der Waals surface area contributed by atoms with Crippen molar-refractivity contribution < 1.29 is 19.8 Å². The van der Waals surface area contributed by atoms with Gasteiger partial charge in [0.05, 0.1) is 5.60 Å². The molecular formula is C33H40ClN3O4. The number of amides is 2. The maximum Gasteiger partial charge on any atom is 0.404 e. The van der Waals surface area contributed by atoms with Crippen molar-refractivity contribution in [3.05, 3.63) is 105 Å². The van der Waals surface area contributed by atoms with Gasteiger partial charge < -0.3 is 25.7 Å². The van der Waals surface area contributed by atoms with Crippen molar-refractivity contribution >= 4 is 23.6 Å². The minimum Gasteiger partial charge on any atom is -0.465 e. The maximum atomic E-state index is 13.5. The average molecular weight is 578 g/mol. The molecular weight excluding hydrogens is 538 g/mol. The van der Waals surface area contributed by atoms with Gasteiger partial charge in [-0.05, 0) is 86.5 Å². The summed E-state index contributed by atoms with van der Waals surface area (Å²) in [4.78, 5) is 26.5. The number of rotatable bonds is 11. The van der Waals surface area contributed by atoms with E-state index in [9.17, 15) is 14.7 Å². The summed E-state index contributed by atoms with van der Waals surface area (Å²) in [6.07, 6.45) is 1.74. The monoisotopic (exact) mass is 577 g/mol. The fourth-order valence-corrected chi connectivity index (χ4v) is 6.23. The molecule has 7 nitrogen and oxygen atoms in total. The van der Waals surface area contributed by atoms with E-state index >= 15 is 0 Å². The van der Waals surface area contributed by atoms with Gasteiger partial charge in [0.25, 0.3) is 5.91 Å². The van der Waals surface area contributed by atoms with Crippen LogP contribution in [0.1, 0.15) is 63.9 Å². The highest BCUT2D eigenvalue weighted by Gasteiger charge is 2.42. The van der Waals surface area contributed by atoms with Crippen molar-refractivity contribution in [1.29, 1.82) is 0 Å². The molecule has 0 radical (unpaired) electrons. The smallest absolute Gasteiger partial charge is 0.404 e. The van der Waals surface area contributed by atoms with Crippen molar-refractivity contribution in [2.75, 3.05) is 26.7 Å². The Morgan fingerprint density at radius 2 is 1.83 bits per heavy atom. The normalized spacial score (nSPS) is 16.7. The highest BCUT2D eigenvalue weighted by Crippen LogP contribution is 2.43. The van der Waals surface area contributed by atoms with Crippen LogP contribution in [0.2, 0.25) is 5.02 Å². The lowest BCUT2D eigenvalue weighted by Crippen LogP contribution is -2.48. The van der Waals surface area contributed by atoms with Crippen LogP contribution in [0, 0.1) is 12.8 Å². The number of hydrogen-bond donors (Lipinski definition) is 4. The van der Waals surface area contributed by atoms with E-state index in [1.807, 2.05) is 73.5 Å². The Kier molecular flexibility index (Phi) is 10.4. The molecule has 1 fully saturated rings. The van der Waals surface area contributed by atoms with Gasteiger partial charge in [-0.2, -0.15) is 0 Å². The lowest BCUT2D eigenvalue weighted by atomic mass is 9.72. The van der Waals surface area contributed by atoms with E-state index in [-0.39, 0.29) is 18.4 Å². The van der Waals surface area contributed by atoms with Crippen LogP contribution < -0.4 is 10.6 Å². The number of hydrogen-bond acceptors (Lipinski definition) is 4. The summed E-state index contributed by atoms with van der Waals surface area (Å²) in [6.45, 7) is 4.02. The number of carbonyl (C=O) groups is 2. The molecule has 0 aromatic heterocycles.